The molecule has 0 amide bonds. The highest BCUT2D eigenvalue weighted by Crippen LogP contribution is 2.00. The number of aromatic nitrogens is 1. The monoisotopic (exact) mass is 136 g/mol. The van der Waals surface area contributed by atoms with Gasteiger partial charge in [-0.1, -0.05) is 0 Å². The molecule has 0 aliphatic heterocycles. The summed E-state index contributed by atoms with van der Waals surface area (Å²) in [5.74, 6) is -0.404. The van der Waals surface area contributed by atoms with Crippen molar-refractivity contribution >= 4 is 0 Å². The largest absolute Gasteiger partial charge is 0.616 e. The van der Waals surface area contributed by atoms with E-state index in [1.807, 2.05) is 0 Å². The molecule has 1 heterocycles. The highest BCUT2D eigenvalue weighted by atomic mass is 16.5. The second-order valence-corrected chi connectivity index (χ2v) is 1.71. The molecule has 0 saturated heterocycles. The summed E-state index contributed by atoms with van der Waals surface area (Å²) in [6.07, 6.45) is 1.01. The zero-order valence-electron chi connectivity index (χ0n) is 4.98. The van der Waals surface area contributed by atoms with Crippen molar-refractivity contribution in [3.63, 3.8) is 0 Å². The van der Waals surface area contributed by atoms with E-state index in [0.717, 1.165) is 6.20 Å². The lowest BCUT2D eigenvalue weighted by molar-refractivity contribution is -0.613. The zero-order valence-corrected chi connectivity index (χ0v) is 4.98. The van der Waals surface area contributed by atoms with Crippen LogP contribution in [0.25, 0.3) is 0 Å². The molecule has 0 saturated carbocycles. The summed E-state index contributed by atoms with van der Waals surface area (Å²) >= 11 is 0. The van der Waals surface area contributed by atoms with Crippen LogP contribution >= 0.6 is 0 Å². The molecule has 1 rings (SSSR count). The first-order valence-corrected chi connectivity index (χ1v) is 2.56. The fraction of sp³-hybridized carbons (Fsp3) is 0. The van der Waals surface area contributed by atoms with Gasteiger partial charge in [-0.25, -0.2) is 0 Å². The fourth-order valence-corrected chi connectivity index (χ4v) is 0.539. The molecule has 4 nitrogen and oxygen atoms in total. The van der Waals surface area contributed by atoms with Crippen LogP contribution in [0.4, 0.5) is 0 Å². The van der Waals surface area contributed by atoms with Gasteiger partial charge in [0.2, 0.25) is 6.20 Å². The molecule has 1 aromatic heterocycles. The Kier molecular flexibility index (Phi) is 1.42. The molecule has 0 atom stereocenters. The third-order valence-corrected chi connectivity index (χ3v) is 1.02. The molecule has 0 aromatic carbocycles. The van der Waals surface area contributed by atoms with Crippen LogP contribution in [0.15, 0.2) is 18.3 Å². The van der Waals surface area contributed by atoms with Crippen LogP contribution in [0.1, 0.15) is 5.56 Å². The van der Waals surface area contributed by atoms with Crippen molar-refractivity contribution in [3.8, 4) is 11.9 Å². The predicted molar refractivity (Wildman–Crippen MR) is 31.8 cm³/mol. The molecule has 10 heavy (non-hydrogen) atoms. The van der Waals surface area contributed by atoms with E-state index < -0.39 is 5.88 Å². The second-order valence-electron chi connectivity index (χ2n) is 1.71. The van der Waals surface area contributed by atoms with Crippen molar-refractivity contribution in [1.82, 2.24) is 0 Å². The molecule has 4 heteroatoms. The van der Waals surface area contributed by atoms with Crippen molar-refractivity contribution in [2.75, 3.05) is 0 Å². The molecule has 0 fully saturated rings. The van der Waals surface area contributed by atoms with E-state index in [-0.39, 0.29) is 10.3 Å². The van der Waals surface area contributed by atoms with E-state index in [0.29, 0.717) is 0 Å². The van der Waals surface area contributed by atoms with Gasteiger partial charge in [0.1, 0.15) is 11.6 Å². The number of nitrogens with zero attached hydrogens (tertiary/aromatic N) is 2. The van der Waals surface area contributed by atoms with Gasteiger partial charge in [-0.3, -0.25) is 0 Å². The second kappa shape index (κ2) is 2.23. The minimum atomic E-state index is -0.404. The standard InChI is InChI=1S/C6H4N2O2/c7-3-5-1-2-6(9)8(10)4-5/h1-2,4,9H. The van der Waals surface area contributed by atoms with Crippen molar-refractivity contribution in [2.45, 2.75) is 0 Å². The Labute approximate surface area is 57.2 Å². The first-order valence-electron chi connectivity index (χ1n) is 2.56. The Hall–Kier alpha value is -1.76. The van der Waals surface area contributed by atoms with Crippen molar-refractivity contribution < 1.29 is 9.84 Å². The number of hydrogen-bond donors (Lipinski definition) is 1. The van der Waals surface area contributed by atoms with E-state index in [4.69, 9.17) is 10.4 Å². The van der Waals surface area contributed by atoms with Crippen LogP contribution in [0, 0.1) is 16.5 Å². The molecule has 0 spiro atoms. The predicted octanol–water partition coefficient (Wildman–Crippen LogP) is -0.103. The minimum absolute atomic E-state index is 0.229. The van der Waals surface area contributed by atoms with Crippen LogP contribution in [-0.2, 0) is 0 Å². The van der Waals surface area contributed by atoms with Gasteiger partial charge < -0.3 is 10.3 Å². The Morgan fingerprint density at radius 3 is 2.80 bits per heavy atom. The van der Waals surface area contributed by atoms with Gasteiger partial charge >= 0.3 is 5.88 Å². The van der Waals surface area contributed by atoms with Crippen molar-refractivity contribution in [1.29, 1.82) is 5.26 Å². The Morgan fingerprint density at radius 2 is 2.30 bits per heavy atom. The Morgan fingerprint density at radius 1 is 1.60 bits per heavy atom. The first kappa shape index (κ1) is 6.36. The van der Waals surface area contributed by atoms with Crippen molar-refractivity contribution in [3.05, 3.63) is 29.1 Å². The van der Waals surface area contributed by atoms with E-state index in [2.05, 4.69) is 0 Å². The molecule has 0 aliphatic carbocycles. The Bertz CT molecular complexity index is 290. The van der Waals surface area contributed by atoms with Gasteiger partial charge in [0.15, 0.2) is 0 Å². The fourth-order valence-electron chi connectivity index (χ4n) is 0.539. The van der Waals surface area contributed by atoms with Gasteiger partial charge in [0.05, 0.1) is 6.07 Å². The lowest BCUT2D eigenvalue weighted by Gasteiger charge is -1.95. The number of rotatable bonds is 0. The summed E-state index contributed by atoms with van der Waals surface area (Å²) in [5.41, 5.74) is 0.229. The molecular weight excluding hydrogens is 132 g/mol. The van der Waals surface area contributed by atoms with E-state index >= 15 is 0 Å². The van der Waals surface area contributed by atoms with Crippen molar-refractivity contribution in [2.24, 2.45) is 0 Å². The van der Waals surface area contributed by atoms with E-state index in [1.165, 1.54) is 12.1 Å². The molecule has 0 radical (unpaired) electrons. The summed E-state index contributed by atoms with van der Waals surface area (Å²) in [5, 5.41) is 27.5. The molecule has 1 aromatic rings. The topological polar surface area (TPSA) is 71.0 Å². The molecule has 0 aliphatic rings. The maximum atomic E-state index is 10.5. The molecule has 50 valence electrons. The van der Waals surface area contributed by atoms with Gasteiger partial charge in [-0.05, 0) is 6.07 Å². The zero-order chi connectivity index (χ0) is 7.56. The van der Waals surface area contributed by atoms with E-state index in [1.54, 1.807) is 6.07 Å². The number of nitriles is 1. The highest BCUT2D eigenvalue weighted by Gasteiger charge is 2.01. The summed E-state index contributed by atoms with van der Waals surface area (Å²) in [6.45, 7) is 0. The van der Waals surface area contributed by atoms with Crippen LogP contribution in [0.3, 0.4) is 0 Å². The maximum Gasteiger partial charge on any atom is 0.377 e. The summed E-state index contributed by atoms with van der Waals surface area (Å²) in [7, 11) is 0. The minimum Gasteiger partial charge on any atom is -0.616 e. The molecule has 1 N–H and O–H groups in total. The van der Waals surface area contributed by atoms with Gasteiger partial charge in [0, 0.05) is 0 Å². The highest BCUT2D eigenvalue weighted by molar-refractivity contribution is 5.24. The van der Waals surface area contributed by atoms with Crippen LogP contribution < -0.4 is 4.73 Å². The average Bonchev–Trinajstić information content (AvgIpc) is 1.95. The quantitative estimate of drug-likeness (QED) is 0.399. The smallest absolute Gasteiger partial charge is 0.377 e. The summed E-state index contributed by atoms with van der Waals surface area (Å²) in [6, 6.07) is 4.30. The number of pyridine rings is 1. The summed E-state index contributed by atoms with van der Waals surface area (Å²) in [4.78, 5) is 0. The van der Waals surface area contributed by atoms with Crippen LogP contribution in [0.2, 0.25) is 0 Å². The SMILES string of the molecule is N#Cc1ccc(O)[n+]([O-])c1. The lowest BCUT2D eigenvalue weighted by atomic mass is 10.3. The van der Waals surface area contributed by atoms with E-state index in [9.17, 15) is 5.21 Å². The maximum absolute atomic E-state index is 10.5. The molecule has 0 bridgehead atoms. The Balaban J connectivity index is 3.20. The van der Waals surface area contributed by atoms with Gasteiger partial charge in [0.25, 0.3) is 0 Å². The first-order chi connectivity index (χ1) is 4.74. The average molecular weight is 136 g/mol. The third-order valence-electron chi connectivity index (χ3n) is 1.02. The number of hydrogen-bond acceptors (Lipinski definition) is 3. The van der Waals surface area contributed by atoms with Crippen LogP contribution in [0.5, 0.6) is 5.88 Å². The van der Waals surface area contributed by atoms with Gasteiger partial charge in [-0.15, -0.1) is 4.73 Å². The summed E-state index contributed by atoms with van der Waals surface area (Å²) < 4.78 is 0.235. The lowest BCUT2D eigenvalue weighted by Crippen LogP contribution is -2.25. The normalized spacial score (nSPS) is 8.70. The molecular formula is C6H4N2O2. The number of aromatic hydroxyl groups is 1. The third kappa shape index (κ3) is 0.977. The van der Waals surface area contributed by atoms with Gasteiger partial charge in [-0.2, -0.15) is 5.26 Å². The molecule has 0 unspecified atom stereocenters. The van der Waals surface area contributed by atoms with Crippen LogP contribution in [-0.4, -0.2) is 5.11 Å².